The lowest BCUT2D eigenvalue weighted by Crippen LogP contribution is -2.45. The highest BCUT2D eigenvalue weighted by atomic mass is 16.3. The predicted octanol–water partition coefficient (Wildman–Crippen LogP) is 5.34. The van der Waals surface area contributed by atoms with Crippen molar-refractivity contribution in [3.63, 3.8) is 0 Å². The Morgan fingerprint density at radius 2 is 1.74 bits per heavy atom. The molecule has 1 amide bonds. The number of fused-ring (bicyclic) bond motifs is 1. The van der Waals surface area contributed by atoms with E-state index >= 15 is 0 Å². The van der Waals surface area contributed by atoms with Crippen molar-refractivity contribution in [3.8, 4) is 0 Å². The molecule has 2 aromatic heterocycles. The van der Waals surface area contributed by atoms with Gasteiger partial charge in [0.15, 0.2) is 0 Å². The van der Waals surface area contributed by atoms with Crippen LogP contribution in [0.5, 0.6) is 0 Å². The van der Waals surface area contributed by atoms with Crippen molar-refractivity contribution in [3.05, 3.63) is 18.0 Å². The number of piperidine rings is 2. The third-order valence-corrected chi connectivity index (χ3v) is 9.48. The quantitative estimate of drug-likeness (QED) is 0.448. The van der Waals surface area contributed by atoms with E-state index in [0.717, 1.165) is 108 Å². The van der Waals surface area contributed by atoms with Gasteiger partial charge in [-0.2, -0.15) is 4.98 Å². The molecular formula is C31H50N6O2. The number of nitrogens with zero attached hydrogens (tertiary/aromatic N) is 5. The van der Waals surface area contributed by atoms with Gasteiger partial charge < -0.3 is 24.8 Å². The number of aliphatic hydroxyl groups is 1. The minimum Gasteiger partial charge on any atom is -0.393 e. The van der Waals surface area contributed by atoms with Gasteiger partial charge >= 0.3 is 0 Å². The average Bonchev–Trinajstić information content (AvgIpc) is 3.33. The van der Waals surface area contributed by atoms with Crippen LogP contribution in [-0.4, -0.2) is 80.2 Å². The Balaban J connectivity index is 1.30. The summed E-state index contributed by atoms with van der Waals surface area (Å²) in [6.07, 6.45) is 15.2. The zero-order chi connectivity index (χ0) is 27.4. The first kappa shape index (κ1) is 28.3. The zero-order valence-corrected chi connectivity index (χ0v) is 24.4. The number of hydrogen-bond acceptors (Lipinski definition) is 6. The van der Waals surface area contributed by atoms with Crippen LogP contribution in [0.4, 0.5) is 5.95 Å². The molecule has 0 bridgehead atoms. The van der Waals surface area contributed by atoms with Crippen LogP contribution in [0.1, 0.15) is 109 Å². The first-order valence-corrected chi connectivity index (χ1v) is 15.8. The van der Waals surface area contributed by atoms with Crippen molar-refractivity contribution < 1.29 is 9.90 Å². The van der Waals surface area contributed by atoms with Crippen LogP contribution in [0, 0.1) is 5.92 Å². The lowest BCUT2D eigenvalue weighted by molar-refractivity contribution is -0.138. The first-order chi connectivity index (χ1) is 19.0. The number of carbonyl (C=O) groups is 1. The number of anilines is 1. The van der Waals surface area contributed by atoms with E-state index in [2.05, 4.69) is 46.7 Å². The van der Waals surface area contributed by atoms with Gasteiger partial charge in [-0.15, -0.1) is 0 Å². The highest BCUT2D eigenvalue weighted by Gasteiger charge is 2.33. The number of rotatable bonds is 9. The van der Waals surface area contributed by atoms with Gasteiger partial charge in [-0.1, -0.05) is 20.3 Å². The molecule has 4 heterocycles. The number of amides is 1. The standard InChI is InChI=1S/C31H50N6O2/c1-4-6-22(3)33-31-32-20-27-28(21-37(29(27)34-31)25-7-9-26(38)10-8-25)23-13-18-36(19-14-23)30(39)24-11-16-35(15-5-2)17-12-24/h20-26,38H,4-19H2,1-3H3,(H,32,33,34)/t22-,25?,26?/m0/s1. The molecule has 8 nitrogen and oxygen atoms in total. The van der Waals surface area contributed by atoms with Gasteiger partial charge in [0.1, 0.15) is 5.65 Å². The van der Waals surface area contributed by atoms with E-state index in [4.69, 9.17) is 9.97 Å². The fourth-order valence-corrected chi connectivity index (χ4v) is 7.18. The van der Waals surface area contributed by atoms with E-state index < -0.39 is 0 Å². The molecule has 39 heavy (non-hydrogen) atoms. The molecule has 0 aromatic carbocycles. The molecule has 2 aliphatic heterocycles. The summed E-state index contributed by atoms with van der Waals surface area (Å²) in [4.78, 5) is 27.8. The number of hydrogen-bond donors (Lipinski definition) is 2. The van der Waals surface area contributed by atoms with Gasteiger partial charge in [-0.3, -0.25) is 4.79 Å². The van der Waals surface area contributed by atoms with E-state index in [1.54, 1.807) is 0 Å². The molecule has 0 unspecified atom stereocenters. The molecule has 3 fully saturated rings. The molecule has 8 heteroatoms. The summed E-state index contributed by atoms with van der Waals surface area (Å²) in [5.74, 6) is 1.70. The summed E-state index contributed by atoms with van der Waals surface area (Å²) in [5.41, 5.74) is 2.36. The molecule has 5 rings (SSSR count). The minimum atomic E-state index is -0.176. The van der Waals surface area contributed by atoms with Crippen LogP contribution >= 0.6 is 0 Å². The second-order valence-corrected chi connectivity index (χ2v) is 12.4. The van der Waals surface area contributed by atoms with E-state index in [1.807, 2.05) is 6.20 Å². The molecule has 1 aliphatic carbocycles. The number of nitrogens with one attached hydrogen (secondary N) is 1. The van der Waals surface area contributed by atoms with E-state index in [0.29, 0.717) is 29.9 Å². The molecule has 0 spiro atoms. The second kappa shape index (κ2) is 13.0. The normalized spacial score (nSPS) is 24.8. The molecule has 2 saturated heterocycles. The van der Waals surface area contributed by atoms with Crippen LogP contribution in [0.25, 0.3) is 11.0 Å². The topological polar surface area (TPSA) is 86.5 Å². The van der Waals surface area contributed by atoms with Crippen molar-refractivity contribution in [1.29, 1.82) is 0 Å². The lowest BCUT2D eigenvalue weighted by atomic mass is 9.88. The van der Waals surface area contributed by atoms with Gasteiger partial charge in [0.05, 0.1) is 6.10 Å². The van der Waals surface area contributed by atoms with Crippen molar-refractivity contribution in [2.45, 2.75) is 116 Å². The van der Waals surface area contributed by atoms with E-state index in [9.17, 15) is 9.90 Å². The average molecular weight is 539 g/mol. The van der Waals surface area contributed by atoms with Crippen molar-refractivity contribution in [2.75, 3.05) is 38.0 Å². The van der Waals surface area contributed by atoms with Gasteiger partial charge in [0, 0.05) is 48.9 Å². The second-order valence-electron chi connectivity index (χ2n) is 12.4. The number of carbonyl (C=O) groups excluding carboxylic acids is 1. The maximum Gasteiger partial charge on any atom is 0.225 e. The van der Waals surface area contributed by atoms with Gasteiger partial charge in [0.25, 0.3) is 0 Å². The summed E-state index contributed by atoms with van der Waals surface area (Å²) in [6.45, 7) is 11.6. The van der Waals surface area contributed by atoms with Crippen molar-refractivity contribution in [1.82, 2.24) is 24.3 Å². The molecule has 3 aliphatic rings. The fraction of sp³-hybridized carbons (Fsp3) is 0.774. The van der Waals surface area contributed by atoms with Crippen molar-refractivity contribution in [2.24, 2.45) is 5.92 Å². The molecule has 216 valence electrons. The molecule has 2 aromatic rings. The Bertz CT molecular complexity index is 1080. The summed E-state index contributed by atoms with van der Waals surface area (Å²) < 4.78 is 2.38. The SMILES string of the molecule is CCC[C@H](C)Nc1ncc2c(C3CCN(C(=O)C4CCN(CCC)CC4)CC3)cn(C3CCC(O)CC3)c2n1. The van der Waals surface area contributed by atoms with Gasteiger partial charge in [-0.05, 0) is 102 Å². The Kier molecular flexibility index (Phi) is 9.44. The summed E-state index contributed by atoms with van der Waals surface area (Å²) in [7, 11) is 0. The Hall–Kier alpha value is -2.19. The monoisotopic (exact) mass is 538 g/mol. The molecule has 1 atom stereocenters. The first-order valence-electron chi connectivity index (χ1n) is 15.8. The predicted molar refractivity (Wildman–Crippen MR) is 157 cm³/mol. The highest BCUT2D eigenvalue weighted by Crippen LogP contribution is 2.38. The van der Waals surface area contributed by atoms with E-state index in [-0.39, 0.29) is 12.0 Å². The largest absolute Gasteiger partial charge is 0.393 e. The van der Waals surface area contributed by atoms with Crippen LogP contribution in [0.15, 0.2) is 12.4 Å². The summed E-state index contributed by atoms with van der Waals surface area (Å²) >= 11 is 0. The maximum atomic E-state index is 13.3. The molecule has 2 N–H and O–H groups in total. The van der Waals surface area contributed by atoms with Crippen LogP contribution < -0.4 is 5.32 Å². The van der Waals surface area contributed by atoms with Crippen LogP contribution in [-0.2, 0) is 4.79 Å². The highest BCUT2D eigenvalue weighted by molar-refractivity contribution is 5.82. The third-order valence-electron chi connectivity index (χ3n) is 9.48. The Labute approximate surface area is 234 Å². The number of aliphatic hydroxyl groups excluding tert-OH is 1. The number of aromatic nitrogens is 3. The molecular weight excluding hydrogens is 488 g/mol. The lowest BCUT2D eigenvalue weighted by Gasteiger charge is -2.37. The third kappa shape index (κ3) is 6.59. The van der Waals surface area contributed by atoms with Crippen molar-refractivity contribution >= 4 is 22.9 Å². The van der Waals surface area contributed by atoms with E-state index in [1.165, 1.54) is 12.0 Å². The number of likely N-dealkylation sites (tertiary alicyclic amines) is 2. The summed E-state index contributed by atoms with van der Waals surface area (Å²) in [6, 6.07) is 0.696. The fourth-order valence-electron chi connectivity index (χ4n) is 7.18. The Morgan fingerprint density at radius 1 is 1.03 bits per heavy atom. The minimum absolute atomic E-state index is 0.176. The zero-order valence-electron chi connectivity index (χ0n) is 24.4. The van der Waals surface area contributed by atoms with Crippen LogP contribution in [0.3, 0.4) is 0 Å². The van der Waals surface area contributed by atoms with Gasteiger partial charge in [0.2, 0.25) is 11.9 Å². The summed E-state index contributed by atoms with van der Waals surface area (Å²) in [5, 5.41) is 14.8. The Morgan fingerprint density at radius 3 is 2.41 bits per heavy atom. The van der Waals surface area contributed by atoms with Crippen LogP contribution in [0.2, 0.25) is 0 Å². The smallest absolute Gasteiger partial charge is 0.225 e. The molecule has 1 saturated carbocycles. The maximum absolute atomic E-state index is 13.3. The van der Waals surface area contributed by atoms with Gasteiger partial charge in [-0.25, -0.2) is 4.98 Å². The molecule has 0 radical (unpaired) electrons.